The van der Waals surface area contributed by atoms with Gasteiger partial charge >= 0.3 is 5.97 Å². The Morgan fingerprint density at radius 3 is 2.61 bits per heavy atom. The molecule has 28 heavy (non-hydrogen) atoms. The fourth-order valence-electron chi connectivity index (χ4n) is 5.74. The van der Waals surface area contributed by atoms with Gasteiger partial charge in [0.1, 0.15) is 12.4 Å². The number of carbonyl (C=O) groups excluding carboxylic acids is 3. The van der Waals surface area contributed by atoms with E-state index >= 15 is 0 Å². The number of hydrogen-bond donors (Lipinski definition) is 0. The fourth-order valence-corrected chi connectivity index (χ4v) is 5.74. The molecule has 0 bridgehead atoms. The average Bonchev–Trinajstić information content (AvgIpc) is 2.97. The summed E-state index contributed by atoms with van der Waals surface area (Å²) in [4.78, 5) is 36.7. The number of ether oxygens (including phenoxy) is 1. The molecule has 0 heterocycles. The van der Waals surface area contributed by atoms with E-state index in [1.807, 2.05) is 26.8 Å². The molecular weight excluding hydrogens is 352 g/mol. The summed E-state index contributed by atoms with van der Waals surface area (Å²) in [6, 6.07) is 0. The Bertz CT molecular complexity index is 837. The molecule has 0 radical (unpaired) electrons. The lowest BCUT2D eigenvalue weighted by Gasteiger charge is -2.49. The average molecular weight is 383 g/mol. The van der Waals surface area contributed by atoms with Crippen molar-refractivity contribution in [3.8, 4) is 0 Å². The quantitative estimate of drug-likeness (QED) is 0.521. The van der Waals surface area contributed by atoms with Gasteiger partial charge in [-0.05, 0) is 70.1 Å². The smallest absolute Gasteiger partial charge is 0.311 e. The highest BCUT2D eigenvalue weighted by atomic mass is 16.5. The molecule has 0 saturated heterocycles. The van der Waals surface area contributed by atoms with Gasteiger partial charge in [0.15, 0.2) is 5.78 Å². The standard InChI is InChI=1S/C24H30O4/c1-22(2,3)21(27)28-20-8-7-18-17-6-5-15-13-16(26)9-12-24(15,14-25)19(17)10-11-23(18,20)4/h5-6,13-14,19-20H,7-12H2,1-4H3/t19-,20-,23-,24+/m0/s1. The van der Waals surface area contributed by atoms with Gasteiger partial charge in [-0.2, -0.15) is 0 Å². The van der Waals surface area contributed by atoms with E-state index in [1.165, 1.54) is 11.1 Å². The Morgan fingerprint density at radius 2 is 1.93 bits per heavy atom. The lowest BCUT2D eigenvalue weighted by molar-refractivity contribution is -0.163. The predicted molar refractivity (Wildman–Crippen MR) is 106 cm³/mol. The van der Waals surface area contributed by atoms with Crippen LogP contribution in [0.4, 0.5) is 0 Å². The third kappa shape index (κ3) is 2.67. The van der Waals surface area contributed by atoms with Crippen LogP contribution in [0.25, 0.3) is 0 Å². The van der Waals surface area contributed by atoms with E-state index in [9.17, 15) is 14.4 Å². The Hall–Kier alpha value is -1.97. The maximum Gasteiger partial charge on any atom is 0.311 e. The Labute approximate surface area is 167 Å². The number of aldehydes is 1. The van der Waals surface area contributed by atoms with Crippen LogP contribution >= 0.6 is 0 Å². The summed E-state index contributed by atoms with van der Waals surface area (Å²) in [6.07, 6.45) is 11.3. The number of ketones is 1. The lowest BCUT2D eigenvalue weighted by atomic mass is 9.54. The van der Waals surface area contributed by atoms with Crippen molar-refractivity contribution in [3.63, 3.8) is 0 Å². The van der Waals surface area contributed by atoms with Crippen LogP contribution in [0.1, 0.15) is 66.2 Å². The predicted octanol–water partition coefficient (Wildman–Crippen LogP) is 4.50. The van der Waals surface area contributed by atoms with Crippen LogP contribution < -0.4 is 0 Å². The highest BCUT2D eigenvalue weighted by molar-refractivity contribution is 5.94. The summed E-state index contributed by atoms with van der Waals surface area (Å²) in [7, 11) is 0. The van der Waals surface area contributed by atoms with Crippen LogP contribution in [0.5, 0.6) is 0 Å². The van der Waals surface area contributed by atoms with Crippen molar-refractivity contribution in [2.75, 3.05) is 0 Å². The molecule has 4 aliphatic rings. The van der Waals surface area contributed by atoms with Crippen molar-refractivity contribution in [2.45, 2.75) is 72.3 Å². The SMILES string of the molecule is CC(C)(C)C(=O)O[C@H]1CCC2=C3C=CC4=CC(=O)CC[C@]4(C=O)[C@H]3CC[C@@]21C. The van der Waals surface area contributed by atoms with Crippen LogP contribution in [0, 0.1) is 22.2 Å². The second-order valence-corrected chi connectivity index (χ2v) is 10.2. The lowest BCUT2D eigenvalue weighted by Crippen LogP contribution is -2.45. The van der Waals surface area contributed by atoms with Gasteiger partial charge in [-0.25, -0.2) is 0 Å². The van der Waals surface area contributed by atoms with Crippen molar-refractivity contribution in [2.24, 2.45) is 22.2 Å². The molecule has 0 spiro atoms. The minimum Gasteiger partial charge on any atom is -0.461 e. The van der Waals surface area contributed by atoms with Gasteiger partial charge in [-0.15, -0.1) is 0 Å². The van der Waals surface area contributed by atoms with Crippen molar-refractivity contribution < 1.29 is 19.1 Å². The van der Waals surface area contributed by atoms with Gasteiger partial charge in [-0.1, -0.05) is 24.6 Å². The van der Waals surface area contributed by atoms with Crippen molar-refractivity contribution in [1.29, 1.82) is 0 Å². The number of esters is 1. The van der Waals surface area contributed by atoms with Crippen LogP contribution in [-0.2, 0) is 19.1 Å². The number of rotatable bonds is 2. The molecule has 1 saturated carbocycles. The van der Waals surface area contributed by atoms with Gasteiger partial charge < -0.3 is 9.53 Å². The summed E-state index contributed by atoms with van der Waals surface area (Å²) in [5.74, 6) is 0.102. The molecule has 0 N–H and O–H groups in total. The topological polar surface area (TPSA) is 60.4 Å². The molecule has 0 amide bonds. The van der Waals surface area contributed by atoms with Crippen molar-refractivity contribution >= 4 is 18.0 Å². The van der Waals surface area contributed by atoms with E-state index in [2.05, 4.69) is 13.0 Å². The van der Waals surface area contributed by atoms with Crippen molar-refractivity contribution in [1.82, 2.24) is 0 Å². The summed E-state index contributed by atoms with van der Waals surface area (Å²) in [6.45, 7) is 7.88. The molecule has 1 fully saturated rings. The zero-order valence-corrected chi connectivity index (χ0v) is 17.3. The Balaban J connectivity index is 1.73. The minimum atomic E-state index is -0.563. The van der Waals surface area contributed by atoms with Crippen LogP contribution in [0.2, 0.25) is 0 Å². The van der Waals surface area contributed by atoms with Gasteiger partial charge in [0.2, 0.25) is 0 Å². The molecule has 0 aromatic heterocycles. The highest BCUT2D eigenvalue weighted by Crippen LogP contribution is 2.61. The molecular formula is C24H30O4. The second-order valence-electron chi connectivity index (χ2n) is 10.2. The van der Waals surface area contributed by atoms with E-state index in [0.717, 1.165) is 37.5 Å². The van der Waals surface area contributed by atoms with Crippen molar-refractivity contribution in [3.05, 3.63) is 34.9 Å². The fraction of sp³-hybridized carbons (Fsp3) is 0.625. The van der Waals surface area contributed by atoms with Crippen LogP contribution in [0.15, 0.2) is 34.9 Å². The molecule has 4 rings (SSSR count). The second kappa shape index (κ2) is 6.27. The molecule has 150 valence electrons. The molecule has 0 aliphatic heterocycles. The maximum atomic E-state index is 12.5. The third-order valence-corrected chi connectivity index (χ3v) is 7.51. The van der Waals surface area contributed by atoms with Crippen LogP contribution in [0.3, 0.4) is 0 Å². The van der Waals surface area contributed by atoms with E-state index in [-0.39, 0.29) is 29.2 Å². The third-order valence-electron chi connectivity index (χ3n) is 7.51. The van der Waals surface area contributed by atoms with E-state index in [4.69, 9.17) is 4.74 Å². The highest BCUT2D eigenvalue weighted by Gasteiger charge is 2.55. The number of allylic oxidation sites excluding steroid dienone is 5. The zero-order chi connectivity index (χ0) is 20.3. The minimum absolute atomic E-state index is 0.104. The van der Waals surface area contributed by atoms with Crippen LogP contribution in [-0.4, -0.2) is 24.1 Å². The molecule has 4 nitrogen and oxygen atoms in total. The largest absolute Gasteiger partial charge is 0.461 e. The number of carbonyl (C=O) groups is 3. The number of hydrogen-bond acceptors (Lipinski definition) is 4. The molecule has 4 aliphatic carbocycles. The van der Waals surface area contributed by atoms with Gasteiger partial charge in [0.05, 0.1) is 10.8 Å². The Kier molecular flexibility index (Phi) is 4.33. The first kappa shape index (κ1) is 19.4. The summed E-state index contributed by atoms with van der Waals surface area (Å²) in [5.41, 5.74) is 2.25. The summed E-state index contributed by atoms with van der Waals surface area (Å²) in [5, 5.41) is 0. The maximum absolute atomic E-state index is 12.5. The Morgan fingerprint density at radius 1 is 1.18 bits per heavy atom. The monoisotopic (exact) mass is 382 g/mol. The number of fused-ring (bicyclic) bond motifs is 4. The van der Waals surface area contributed by atoms with E-state index in [0.29, 0.717) is 12.8 Å². The van der Waals surface area contributed by atoms with E-state index in [1.54, 1.807) is 6.08 Å². The van der Waals surface area contributed by atoms with Gasteiger partial charge in [0, 0.05) is 17.8 Å². The molecule has 0 unspecified atom stereocenters. The normalized spacial score (nSPS) is 37.0. The first-order valence-corrected chi connectivity index (χ1v) is 10.5. The van der Waals surface area contributed by atoms with E-state index < -0.39 is 10.8 Å². The summed E-state index contributed by atoms with van der Waals surface area (Å²) >= 11 is 0. The molecule has 0 aromatic carbocycles. The molecule has 4 heteroatoms. The molecule has 0 aromatic rings. The molecule has 4 atom stereocenters. The first-order valence-electron chi connectivity index (χ1n) is 10.5. The van der Waals surface area contributed by atoms with Gasteiger partial charge in [-0.3, -0.25) is 9.59 Å². The summed E-state index contributed by atoms with van der Waals surface area (Å²) < 4.78 is 5.98. The zero-order valence-electron chi connectivity index (χ0n) is 17.3. The van der Waals surface area contributed by atoms with Gasteiger partial charge in [0.25, 0.3) is 0 Å². The first-order chi connectivity index (χ1) is 13.1.